The Hall–Kier alpha value is -3.15. The van der Waals surface area contributed by atoms with Gasteiger partial charge in [-0.05, 0) is 30.0 Å². The fraction of sp³-hybridized carbons (Fsp3) is 0.375. The predicted octanol–water partition coefficient (Wildman–Crippen LogP) is 3.82. The first-order valence-corrected chi connectivity index (χ1v) is 10.6. The molecule has 1 aromatic heterocycles. The number of likely N-dealkylation sites (tertiary alicyclic amines) is 1. The highest BCUT2D eigenvalue weighted by atomic mass is 16.2. The number of imidazole rings is 1. The van der Waals surface area contributed by atoms with Crippen LogP contribution >= 0.6 is 0 Å². The van der Waals surface area contributed by atoms with Crippen LogP contribution in [0.5, 0.6) is 0 Å². The molecule has 2 amide bonds. The number of para-hydroxylation sites is 2. The molecule has 1 saturated heterocycles. The largest absolute Gasteiger partial charge is 0.346 e. The fourth-order valence-corrected chi connectivity index (χ4v) is 4.04. The molecule has 0 radical (unpaired) electrons. The Balaban J connectivity index is 1.45. The van der Waals surface area contributed by atoms with Crippen molar-refractivity contribution < 1.29 is 9.59 Å². The summed E-state index contributed by atoms with van der Waals surface area (Å²) in [6.07, 6.45) is 1.03. The Morgan fingerprint density at radius 3 is 2.63 bits per heavy atom. The van der Waals surface area contributed by atoms with E-state index in [-0.39, 0.29) is 30.2 Å². The number of hydrogen-bond donors (Lipinski definition) is 2. The van der Waals surface area contributed by atoms with E-state index in [0.29, 0.717) is 19.0 Å². The van der Waals surface area contributed by atoms with Crippen LogP contribution in [-0.4, -0.2) is 33.2 Å². The summed E-state index contributed by atoms with van der Waals surface area (Å²) in [6, 6.07) is 17.5. The van der Waals surface area contributed by atoms with Gasteiger partial charge in [0.25, 0.3) is 0 Å². The van der Waals surface area contributed by atoms with Gasteiger partial charge in [-0.2, -0.15) is 0 Å². The molecular formula is C24H28N4O2. The van der Waals surface area contributed by atoms with Gasteiger partial charge in [-0.3, -0.25) is 9.59 Å². The van der Waals surface area contributed by atoms with E-state index >= 15 is 0 Å². The second kappa shape index (κ2) is 8.69. The first-order valence-electron chi connectivity index (χ1n) is 10.6. The minimum absolute atomic E-state index is 0.0307. The van der Waals surface area contributed by atoms with Crippen LogP contribution in [0.4, 0.5) is 0 Å². The Morgan fingerprint density at radius 1 is 1.17 bits per heavy atom. The summed E-state index contributed by atoms with van der Waals surface area (Å²) in [6.45, 7) is 5.25. The zero-order valence-corrected chi connectivity index (χ0v) is 17.5. The maximum Gasteiger partial charge on any atom is 0.226 e. The maximum absolute atomic E-state index is 13.0. The summed E-state index contributed by atoms with van der Waals surface area (Å²) in [5.74, 6) is 0.778. The van der Waals surface area contributed by atoms with Crippen LogP contribution in [0.3, 0.4) is 0 Å². The van der Waals surface area contributed by atoms with Gasteiger partial charge in [0.05, 0.1) is 23.0 Å². The molecule has 1 fully saturated rings. The molecule has 2 atom stereocenters. The van der Waals surface area contributed by atoms with E-state index < -0.39 is 0 Å². The minimum atomic E-state index is -0.333. The third-order valence-electron chi connectivity index (χ3n) is 5.56. The van der Waals surface area contributed by atoms with E-state index in [1.807, 2.05) is 54.6 Å². The Bertz CT molecular complexity index is 995. The van der Waals surface area contributed by atoms with Gasteiger partial charge in [-0.25, -0.2) is 4.98 Å². The van der Waals surface area contributed by atoms with E-state index in [4.69, 9.17) is 0 Å². The highest BCUT2D eigenvalue weighted by molar-refractivity contribution is 5.89. The Morgan fingerprint density at radius 2 is 1.90 bits per heavy atom. The number of benzene rings is 2. The van der Waals surface area contributed by atoms with Crippen molar-refractivity contribution in [3.05, 3.63) is 66.0 Å². The predicted molar refractivity (Wildman–Crippen MR) is 116 cm³/mol. The van der Waals surface area contributed by atoms with Gasteiger partial charge in [0.2, 0.25) is 11.8 Å². The van der Waals surface area contributed by atoms with E-state index in [1.165, 1.54) is 0 Å². The molecule has 4 rings (SSSR count). The molecule has 30 heavy (non-hydrogen) atoms. The molecule has 2 N–H and O–H groups in total. The molecule has 0 bridgehead atoms. The van der Waals surface area contributed by atoms with E-state index in [9.17, 15) is 9.59 Å². The van der Waals surface area contributed by atoms with Crippen LogP contribution < -0.4 is 5.32 Å². The van der Waals surface area contributed by atoms with Crippen LogP contribution in [0, 0.1) is 11.8 Å². The summed E-state index contributed by atoms with van der Waals surface area (Å²) in [5, 5.41) is 3.16. The summed E-state index contributed by atoms with van der Waals surface area (Å²) in [5.41, 5.74) is 2.92. The van der Waals surface area contributed by atoms with Crippen molar-refractivity contribution in [2.24, 2.45) is 11.8 Å². The Labute approximate surface area is 176 Å². The van der Waals surface area contributed by atoms with E-state index in [0.717, 1.165) is 28.8 Å². The number of hydrogen-bond acceptors (Lipinski definition) is 3. The molecule has 1 aliphatic rings. The van der Waals surface area contributed by atoms with Crippen molar-refractivity contribution in [3.63, 3.8) is 0 Å². The second-order valence-electron chi connectivity index (χ2n) is 8.49. The highest BCUT2D eigenvalue weighted by Gasteiger charge is 2.35. The zero-order valence-electron chi connectivity index (χ0n) is 17.5. The van der Waals surface area contributed by atoms with Gasteiger partial charge in [0.15, 0.2) is 0 Å². The maximum atomic E-state index is 13.0. The molecule has 3 aromatic rings. The van der Waals surface area contributed by atoms with Crippen LogP contribution in [0.2, 0.25) is 0 Å². The lowest BCUT2D eigenvalue weighted by Gasteiger charge is -2.21. The van der Waals surface area contributed by atoms with Gasteiger partial charge in [-0.1, -0.05) is 56.3 Å². The lowest BCUT2D eigenvalue weighted by molar-refractivity contribution is -0.129. The molecule has 2 heterocycles. The zero-order chi connectivity index (χ0) is 21.1. The molecular weight excluding hydrogens is 376 g/mol. The third kappa shape index (κ3) is 4.53. The summed E-state index contributed by atoms with van der Waals surface area (Å²) < 4.78 is 0. The number of carbonyl (C=O) groups excluding carboxylic acids is 2. The molecule has 0 saturated carbocycles. The number of aromatic amines is 1. The van der Waals surface area contributed by atoms with Crippen LogP contribution in [0.1, 0.15) is 44.1 Å². The van der Waals surface area contributed by atoms with Crippen molar-refractivity contribution in [1.82, 2.24) is 20.2 Å². The van der Waals surface area contributed by atoms with Crippen molar-refractivity contribution in [2.45, 2.75) is 39.3 Å². The normalized spacial score (nSPS) is 17.6. The minimum Gasteiger partial charge on any atom is -0.346 e. The average Bonchev–Trinajstić information content (AvgIpc) is 3.32. The number of amides is 2. The van der Waals surface area contributed by atoms with Crippen molar-refractivity contribution >= 4 is 22.8 Å². The molecule has 6 nitrogen and oxygen atoms in total. The quantitative estimate of drug-likeness (QED) is 0.628. The number of fused-ring (bicyclic) bond motifs is 1. The van der Waals surface area contributed by atoms with Gasteiger partial charge in [0, 0.05) is 19.5 Å². The molecule has 0 unspecified atom stereocenters. The highest BCUT2D eigenvalue weighted by Crippen LogP contribution is 2.25. The van der Waals surface area contributed by atoms with Crippen LogP contribution in [0.25, 0.3) is 11.0 Å². The number of nitrogens with one attached hydrogen (secondary N) is 2. The molecule has 0 spiro atoms. The van der Waals surface area contributed by atoms with Gasteiger partial charge < -0.3 is 15.2 Å². The topological polar surface area (TPSA) is 78.1 Å². The lowest BCUT2D eigenvalue weighted by Crippen LogP contribution is -2.36. The van der Waals surface area contributed by atoms with Crippen LogP contribution in [-0.2, 0) is 16.1 Å². The first kappa shape index (κ1) is 20.1. The van der Waals surface area contributed by atoms with E-state index in [2.05, 4.69) is 29.1 Å². The van der Waals surface area contributed by atoms with Crippen LogP contribution in [0.15, 0.2) is 54.6 Å². The van der Waals surface area contributed by atoms with Gasteiger partial charge in [0.1, 0.15) is 5.82 Å². The monoisotopic (exact) mass is 404 g/mol. The number of H-pyrrole nitrogens is 1. The molecule has 1 aliphatic heterocycles. The standard InChI is InChI=1S/C24H28N4O2/c1-16(2)12-21(23-25-19-10-6-7-11-20(19)26-23)27-24(30)18-13-22(29)28(15-18)14-17-8-4-3-5-9-17/h3-11,16,18,21H,12-15H2,1-2H3,(H,25,26)(H,27,30)/t18-,21-/m0/s1. The SMILES string of the molecule is CC(C)C[C@H](NC(=O)[C@H]1CC(=O)N(Cc2ccccc2)C1)c1nc2ccccc2[nH]1. The van der Waals surface area contributed by atoms with Crippen molar-refractivity contribution in [3.8, 4) is 0 Å². The fourth-order valence-electron chi connectivity index (χ4n) is 4.04. The summed E-state index contributed by atoms with van der Waals surface area (Å²) in [4.78, 5) is 35.3. The van der Waals surface area contributed by atoms with Gasteiger partial charge >= 0.3 is 0 Å². The van der Waals surface area contributed by atoms with Gasteiger partial charge in [-0.15, -0.1) is 0 Å². The number of nitrogens with zero attached hydrogens (tertiary/aromatic N) is 2. The lowest BCUT2D eigenvalue weighted by atomic mass is 10.0. The summed E-state index contributed by atoms with van der Waals surface area (Å²) in [7, 11) is 0. The smallest absolute Gasteiger partial charge is 0.226 e. The summed E-state index contributed by atoms with van der Waals surface area (Å²) >= 11 is 0. The number of aromatic nitrogens is 2. The molecule has 6 heteroatoms. The second-order valence-corrected chi connectivity index (χ2v) is 8.49. The number of rotatable bonds is 7. The van der Waals surface area contributed by atoms with Crippen molar-refractivity contribution in [1.29, 1.82) is 0 Å². The average molecular weight is 405 g/mol. The molecule has 0 aliphatic carbocycles. The molecule has 2 aromatic carbocycles. The van der Waals surface area contributed by atoms with Crippen molar-refractivity contribution in [2.75, 3.05) is 6.54 Å². The first-order chi connectivity index (χ1) is 14.5. The molecule has 156 valence electrons. The Kier molecular flexibility index (Phi) is 5.84. The third-order valence-corrected chi connectivity index (χ3v) is 5.56. The number of carbonyl (C=O) groups is 2. The van der Waals surface area contributed by atoms with E-state index in [1.54, 1.807) is 4.90 Å².